The van der Waals surface area contributed by atoms with Crippen LogP contribution in [0.3, 0.4) is 0 Å². The Balaban J connectivity index is 1.71. The van der Waals surface area contributed by atoms with Gasteiger partial charge >= 0.3 is 5.97 Å². The minimum Gasteiger partial charge on any atom is -0.480 e. The van der Waals surface area contributed by atoms with Crippen molar-refractivity contribution in [2.75, 3.05) is 6.54 Å². The van der Waals surface area contributed by atoms with E-state index in [-0.39, 0.29) is 23.7 Å². The molecule has 3 N–H and O–H groups in total. The van der Waals surface area contributed by atoms with Gasteiger partial charge in [-0.25, -0.2) is 4.79 Å². The van der Waals surface area contributed by atoms with Crippen molar-refractivity contribution in [2.45, 2.75) is 48.5 Å². The second-order valence-corrected chi connectivity index (χ2v) is 7.95. The number of aliphatic carboxylic acids is 1. The lowest BCUT2D eigenvalue weighted by atomic mass is 9.83. The number of carbonyl (C=O) groups excluding carboxylic acids is 1. The van der Waals surface area contributed by atoms with Crippen molar-refractivity contribution in [3.05, 3.63) is 0 Å². The van der Waals surface area contributed by atoms with Gasteiger partial charge in [-0.3, -0.25) is 4.79 Å². The van der Waals surface area contributed by atoms with Crippen molar-refractivity contribution in [1.82, 2.24) is 4.90 Å². The van der Waals surface area contributed by atoms with E-state index in [1.165, 1.54) is 11.3 Å². The van der Waals surface area contributed by atoms with Crippen LogP contribution >= 0.6 is 23.2 Å². The zero-order valence-electron chi connectivity index (χ0n) is 11.7. The molecule has 118 valence electrons. The third kappa shape index (κ3) is 2.43. The third-order valence-electron chi connectivity index (χ3n) is 5.31. The molecule has 3 fully saturated rings. The molecule has 0 radical (unpaired) electrons. The van der Waals surface area contributed by atoms with E-state index in [0.29, 0.717) is 6.54 Å². The minimum absolute atomic E-state index is 0.149. The fourth-order valence-corrected chi connectivity index (χ4v) is 4.83. The number of fused-ring (bicyclic) bond motifs is 1. The molecule has 4 atom stereocenters. The fraction of sp³-hybridized carbons (Fsp3) is 0.857. The number of nitrogens with zero attached hydrogens (tertiary/aromatic N) is 1. The Morgan fingerprint density at radius 2 is 1.86 bits per heavy atom. The van der Waals surface area contributed by atoms with Gasteiger partial charge in [-0.1, -0.05) is 19.3 Å². The van der Waals surface area contributed by atoms with E-state index in [4.69, 9.17) is 28.9 Å². The molecular weight excluding hydrogens is 315 g/mol. The van der Waals surface area contributed by atoms with Gasteiger partial charge in [0, 0.05) is 18.4 Å². The summed E-state index contributed by atoms with van der Waals surface area (Å²) in [6, 6.07) is -1.54. The number of carboxylic acid groups (broad SMARTS) is 1. The van der Waals surface area contributed by atoms with Crippen molar-refractivity contribution >= 4 is 35.1 Å². The summed E-state index contributed by atoms with van der Waals surface area (Å²) in [6.45, 7) is 0.299. The van der Waals surface area contributed by atoms with Gasteiger partial charge in [0.25, 0.3) is 0 Å². The van der Waals surface area contributed by atoms with Crippen molar-refractivity contribution in [2.24, 2.45) is 23.5 Å². The van der Waals surface area contributed by atoms with Gasteiger partial charge in [-0.2, -0.15) is 0 Å². The summed E-state index contributed by atoms with van der Waals surface area (Å²) in [5.41, 5.74) is 6.11. The number of hydrogen-bond acceptors (Lipinski definition) is 3. The highest BCUT2D eigenvalue weighted by Gasteiger charge is 2.74. The molecule has 1 aliphatic heterocycles. The monoisotopic (exact) mass is 334 g/mol. The predicted octanol–water partition coefficient (Wildman–Crippen LogP) is 1.61. The zero-order valence-corrected chi connectivity index (χ0v) is 13.2. The number of hydrogen-bond donors (Lipinski definition) is 2. The molecule has 1 saturated heterocycles. The number of nitrogens with two attached hydrogens (primary N) is 1. The van der Waals surface area contributed by atoms with Crippen LogP contribution in [0.4, 0.5) is 0 Å². The van der Waals surface area contributed by atoms with Crippen molar-refractivity contribution in [1.29, 1.82) is 0 Å². The van der Waals surface area contributed by atoms with E-state index in [2.05, 4.69) is 0 Å². The fourth-order valence-electron chi connectivity index (χ4n) is 4.00. The molecule has 0 bridgehead atoms. The molecule has 0 aromatic heterocycles. The van der Waals surface area contributed by atoms with Gasteiger partial charge in [-0.05, 0) is 18.8 Å². The van der Waals surface area contributed by atoms with Crippen molar-refractivity contribution in [3.8, 4) is 0 Å². The van der Waals surface area contributed by atoms with Crippen LogP contribution in [0.1, 0.15) is 32.1 Å². The Bertz CT molecular complexity index is 465. The van der Waals surface area contributed by atoms with Gasteiger partial charge in [0.1, 0.15) is 10.4 Å². The Morgan fingerprint density at radius 3 is 2.43 bits per heavy atom. The standard InChI is InChI=1S/C14H20Cl2N2O3/c15-14(16)8-6-18(11(9(8)14)13(20)21)12(19)10(17)7-4-2-1-3-5-7/h7-11H,1-6,17H2,(H,20,21)/t8-,9-,10-,11?/m0/s1. The van der Waals surface area contributed by atoms with Crippen LogP contribution in [0.15, 0.2) is 0 Å². The number of carbonyl (C=O) groups is 2. The lowest BCUT2D eigenvalue weighted by Crippen LogP contribution is -2.54. The van der Waals surface area contributed by atoms with Crippen LogP contribution in [0, 0.1) is 17.8 Å². The topological polar surface area (TPSA) is 83.6 Å². The molecule has 1 unspecified atom stereocenters. The number of carboxylic acids is 1. The highest BCUT2D eigenvalue weighted by Crippen LogP contribution is 2.65. The highest BCUT2D eigenvalue weighted by atomic mass is 35.5. The van der Waals surface area contributed by atoms with Crippen LogP contribution in [0.5, 0.6) is 0 Å². The van der Waals surface area contributed by atoms with Gasteiger partial charge in [-0.15, -0.1) is 23.2 Å². The van der Waals surface area contributed by atoms with Crippen LogP contribution < -0.4 is 5.73 Å². The SMILES string of the molecule is N[C@H](C(=O)N1C[C@H]2[C@@H](C1C(=O)O)C2(Cl)Cl)C1CCCCC1. The normalized spacial score (nSPS) is 36.1. The highest BCUT2D eigenvalue weighted by molar-refractivity contribution is 6.51. The van der Waals surface area contributed by atoms with Gasteiger partial charge in [0.2, 0.25) is 5.91 Å². The second-order valence-electron chi connectivity index (χ2n) is 6.50. The number of alkyl halides is 2. The van der Waals surface area contributed by atoms with E-state index >= 15 is 0 Å². The molecule has 3 rings (SSSR count). The lowest BCUT2D eigenvalue weighted by Gasteiger charge is -2.33. The predicted molar refractivity (Wildman–Crippen MR) is 79.1 cm³/mol. The maximum Gasteiger partial charge on any atom is 0.326 e. The smallest absolute Gasteiger partial charge is 0.326 e. The van der Waals surface area contributed by atoms with E-state index in [1.807, 2.05) is 0 Å². The van der Waals surface area contributed by atoms with Crippen LogP contribution in [0.2, 0.25) is 0 Å². The first-order valence-corrected chi connectivity index (χ1v) is 8.28. The lowest BCUT2D eigenvalue weighted by molar-refractivity contribution is -0.150. The summed E-state index contributed by atoms with van der Waals surface area (Å²) >= 11 is 12.2. The van der Waals surface area contributed by atoms with Gasteiger partial charge in [0.15, 0.2) is 0 Å². The minimum atomic E-state index is -1.05. The summed E-state index contributed by atoms with van der Waals surface area (Å²) in [4.78, 5) is 25.5. The summed E-state index contributed by atoms with van der Waals surface area (Å²) < 4.78 is -1.01. The molecular formula is C14H20Cl2N2O3. The van der Waals surface area contributed by atoms with E-state index in [1.54, 1.807) is 0 Å². The number of amides is 1. The first-order chi connectivity index (χ1) is 9.85. The molecule has 0 spiro atoms. The van der Waals surface area contributed by atoms with Gasteiger partial charge in [0.05, 0.1) is 6.04 Å². The number of piperidine rings is 1. The molecule has 1 heterocycles. The first-order valence-electron chi connectivity index (χ1n) is 7.52. The first kappa shape index (κ1) is 15.4. The zero-order chi connectivity index (χ0) is 15.4. The van der Waals surface area contributed by atoms with Crippen molar-refractivity contribution < 1.29 is 14.7 Å². The quantitative estimate of drug-likeness (QED) is 0.768. The summed E-state index contributed by atoms with van der Waals surface area (Å²) in [7, 11) is 0. The second kappa shape index (κ2) is 5.28. The maximum absolute atomic E-state index is 12.6. The summed E-state index contributed by atoms with van der Waals surface area (Å²) in [5, 5.41) is 9.40. The van der Waals surface area contributed by atoms with E-state index in [9.17, 15) is 14.7 Å². The third-order valence-corrected chi connectivity index (χ3v) is 6.38. The van der Waals surface area contributed by atoms with Crippen LogP contribution in [-0.2, 0) is 9.59 Å². The molecule has 2 aliphatic carbocycles. The van der Waals surface area contributed by atoms with E-state index in [0.717, 1.165) is 25.7 Å². The summed E-state index contributed by atoms with van der Waals surface area (Å²) in [5.74, 6) is -1.67. The van der Waals surface area contributed by atoms with E-state index < -0.39 is 22.4 Å². The Morgan fingerprint density at radius 1 is 1.24 bits per heavy atom. The van der Waals surface area contributed by atoms with Crippen LogP contribution in [0.25, 0.3) is 0 Å². The van der Waals surface area contributed by atoms with Crippen molar-refractivity contribution in [3.63, 3.8) is 0 Å². The molecule has 0 aromatic rings. The maximum atomic E-state index is 12.6. The Kier molecular flexibility index (Phi) is 3.87. The van der Waals surface area contributed by atoms with Gasteiger partial charge < -0.3 is 15.7 Å². The molecule has 5 nitrogen and oxygen atoms in total. The number of halogens is 2. The molecule has 3 aliphatic rings. The Labute approximate surface area is 133 Å². The Hall–Kier alpha value is -0.520. The molecule has 7 heteroatoms. The number of rotatable bonds is 3. The molecule has 2 saturated carbocycles. The summed E-state index contributed by atoms with van der Waals surface area (Å²) in [6.07, 6.45) is 5.25. The molecule has 0 aromatic carbocycles. The largest absolute Gasteiger partial charge is 0.480 e. The molecule has 1 amide bonds. The number of likely N-dealkylation sites (tertiary alicyclic amines) is 1. The average Bonchev–Trinajstić information content (AvgIpc) is 2.85. The van der Waals surface area contributed by atoms with Crippen LogP contribution in [-0.4, -0.2) is 44.8 Å². The molecule has 21 heavy (non-hydrogen) atoms. The average molecular weight is 335 g/mol.